The number of nitrogens with one attached hydrogen (secondary N) is 1. The van der Waals surface area contributed by atoms with Crippen LogP contribution in [-0.4, -0.2) is 16.3 Å². The van der Waals surface area contributed by atoms with Gasteiger partial charge >= 0.3 is 0 Å². The largest absolute Gasteiger partial charge is 0.312 e. The molecule has 4 heteroatoms. The van der Waals surface area contributed by atoms with E-state index in [2.05, 4.69) is 30.3 Å². The molecule has 0 radical (unpaired) electrons. The molecule has 102 valence electrons. The molecule has 0 saturated carbocycles. The van der Waals surface area contributed by atoms with Crippen LogP contribution in [-0.2, 0) is 6.54 Å². The third kappa shape index (κ3) is 3.82. The summed E-state index contributed by atoms with van der Waals surface area (Å²) in [6.07, 6.45) is 1.94. The van der Waals surface area contributed by atoms with Crippen molar-refractivity contribution >= 4 is 11.6 Å². The minimum Gasteiger partial charge on any atom is -0.312 e. The summed E-state index contributed by atoms with van der Waals surface area (Å²) in [4.78, 5) is 0. The SMILES string of the molecule is Cc1ccn(-c2ccc(CNCC(C)C)c(Cl)c2)n1. The minimum atomic E-state index is 0.644. The number of aromatic nitrogens is 2. The van der Waals surface area contributed by atoms with Crippen LogP contribution in [0, 0.1) is 12.8 Å². The lowest BCUT2D eigenvalue weighted by Gasteiger charge is -2.10. The van der Waals surface area contributed by atoms with E-state index in [1.54, 1.807) is 0 Å². The summed E-state index contributed by atoms with van der Waals surface area (Å²) in [5, 5.41) is 8.56. The van der Waals surface area contributed by atoms with Crippen LogP contribution < -0.4 is 5.32 Å². The van der Waals surface area contributed by atoms with E-state index in [1.165, 1.54) is 0 Å². The van der Waals surface area contributed by atoms with Crippen LogP contribution in [0.5, 0.6) is 0 Å². The fraction of sp³-hybridized carbons (Fsp3) is 0.400. The molecule has 0 fully saturated rings. The Labute approximate surface area is 119 Å². The van der Waals surface area contributed by atoms with E-state index in [1.807, 2.05) is 36.0 Å². The van der Waals surface area contributed by atoms with Gasteiger partial charge in [0.05, 0.1) is 11.4 Å². The molecule has 2 rings (SSSR count). The smallest absolute Gasteiger partial charge is 0.0660 e. The average molecular weight is 278 g/mol. The van der Waals surface area contributed by atoms with Crippen LogP contribution in [0.4, 0.5) is 0 Å². The second kappa shape index (κ2) is 6.22. The van der Waals surface area contributed by atoms with Crippen LogP contribution in [0.25, 0.3) is 5.69 Å². The molecule has 2 aromatic rings. The first-order valence-electron chi connectivity index (χ1n) is 6.58. The van der Waals surface area contributed by atoms with Crippen LogP contribution in [0.1, 0.15) is 25.1 Å². The standard InChI is InChI=1S/C15H20ClN3/c1-11(2)9-17-10-13-4-5-14(8-15(13)16)19-7-6-12(3)18-19/h4-8,11,17H,9-10H2,1-3H3. The molecular formula is C15H20ClN3. The van der Waals surface area contributed by atoms with E-state index in [4.69, 9.17) is 11.6 Å². The van der Waals surface area contributed by atoms with Crippen molar-refractivity contribution in [1.29, 1.82) is 0 Å². The van der Waals surface area contributed by atoms with Crippen LogP contribution in [0.3, 0.4) is 0 Å². The van der Waals surface area contributed by atoms with Gasteiger partial charge in [-0.05, 0) is 43.1 Å². The molecule has 0 bridgehead atoms. The van der Waals surface area contributed by atoms with Crippen molar-refractivity contribution in [3.63, 3.8) is 0 Å². The van der Waals surface area contributed by atoms with Gasteiger partial charge in [0, 0.05) is 17.8 Å². The van der Waals surface area contributed by atoms with Gasteiger partial charge in [0.1, 0.15) is 0 Å². The summed E-state index contributed by atoms with van der Waals surface area (Å²) in [6, 6.07) is 8.04. The molecule has 0 aliphatic rings. The van der Waals surface area contributed by atoms with Gasteiger partial charge in [0.15, 0.2) is 0 Å². The summed E-state index contributed by atoms with van der Waals surface area (Å²) >= 11 is 6.32. The molecule has 0 spiro atoms. The Morgan fingerprint density at radius 1 is 1.32 bits per heavy atom. The Bertz CT molecular complexity index is 546. The Kier molecular flexibility index (Phi) is 4.61. The molecule has 0 unspecified atom stereocenters. The number of benzene rings is 1. The van der Waals surface area contributed by atoms with Gasteiger partial charge in [-0.2, -0.15) is 5.10 Å². The van der Waals surface area contributed by atoms with E-state index in [9.17, 15) is 0 Å². The molecule has 0 amide bonds. The van der Waals surface area contributed by atoms with E-state index in [-0.39, 0.29) is 0 Å². The van der Waals surface area contributed by atoms with Gasteiger partial charge < -0.3 is 5.32 Å². The van der Waals surface area contributed by atoms with Gasteiger partial charge in [-0.3, -0.25) is 0 Å². The molecule has 19 heavy (non-hydrogen) atoms. The van der Waals surface area contributed by atoms with Gasteiger partial charge in [0.2, 0.25) is 0 Å². The van der Waals surface area contributed by atoms with Crippen LogP contribution in [0.15, 0.2) is 30.5 Å². The van der Waals surface area contributed by atoms with Crippen molar-refractivity contribution in [2.45, 2.75) is 27.3 Å². The first-order valence-corrected chi connectivity index (χ1v) is 6.96. The van der Waals surface area contributed by atoms with Gasteiger partial charge in [-0.1, -0.05) is 31.5 Å². The predicted octanol–water partition coefficient (Wildman–Crippen LogP) is 3.58. The summed E-state index contributed by atoms with van der Waals surface area (Å²) in [6.45, 7) is 8.16. The molecule has 1 aromatic heterocycles. The number of hydrogen-bond acceptors (Lipinski definition) is 2. The molecule has 0 saturated heterocycles. The molecule has 1 heterocycles. The van der Waals surface area contributed by atoms with E-state index >= 15 is 0 Å². The van der Waals surface area contributed by atoms with Crippen molar-refractivity contribution < 1.29 is 0 Å². The zero-order valence-electron chi connectivity index (χ0n) is 11.7. The lowest BCUT2D eigenvalue weighted by Crippen LogP contribution is -2.19. The van der Waals surface area contributed by atoms with Crippen molar-refractivity contribution in [3.8, 4) is 5.69 Å². The molecule has 0 atom stereocenters. The quantitative estimate of drug-likeness (QED) is 0.905. The zero-order chi connectivity index (χ0) is 13.8. The maximum Gasteiger partial charge on any atom is 0.0660 e. The van der Waals surface area contributed by atoms with Gasteiger partial charge in [-0.25, -0.2) is 4.68 Å². The molecule has 0 aliphatic carbocycles. The first kappa shape index (κ1) is 14.1. The maximum atomic E-state index is 6.32. The van der Waals surface area contributed by atoms with Crippen LogP contribution in [0.2, 0.25) is 5.02 Å². The van der Waals surface area contributed by atoms with Crippen molar-refractivity contribution in [2.75, 3.05) is 6.54 Å². The summed E-state index contributed by atoms with van der Waals surface area (Å²) in [5.41, 5.74) is 3.11. The zero-order valence-corrected chi connectivity index (χ0v) is 12.4. The van der Waals surface area contributed by atoms with E-state index < -0.39 is 0 Å². The average Bonchev–Trinajstić information content (AvgIpc) is 2.77. The normalized spacial score (nSPS) is 11.2. The Morgan fingerprint density at radius 3 is 2.68 bits per heavy atom. The maximum absolute atomic E-state index is 6.32. The van der Waals surface area contributed by atoms with Crippen molar-refractivity contribution in [2.24, 2.45) is 5.92 Å². The second-order valence-corrected chi connectivity index (χ2v) is 5.61. The van der Waals surface area contributed by atoms with E-state index in [0.29, 0.717) is 5.92 Å². The number of nitrogens with zero attached hydrogens (tertiary/aromatic N) is 2. The Morgan fingerprint density at radius 2 is 2.11 bits per heavy atom. The Hall–Kier alpha value is -1.32. The van der Waals surface area contributed by atoms with Gasteiger partial charge in [0.25, 0.3) is 0 Å². The highest BCUT2D eigenvalue weighted by Gasteiger charge is 2.04. The summed E-state index contributed by atoms with van der Waals surface area (Å²) < 4.78 is 1.84. The topological polar surface area (TPSA) is 29.9 Å². The monoisotopic (exact) mass is 277 g/mol. The van der Waals surface area contributed by atoms with Crippen molar-refractivity contribution in [1.82, 2.24) is 15.1 Å². The van der Waals surface area contributed by atoms with Gasteiger partial charge in [-0.15, -0.1) is 0 Å². The predicted molar refractivity (Wildman–Crippen MR) is 79.9 cm³/mol. The number of halogens is 1. The summed E-state index contributed by atoms with van der Waals surface area (Å²) in [5.74, 6) is 0.644. The Balaban J connectivity index is 2.09. The lowest BCUT2D eigenvalue weighted by molar-refractivity contribution is 0.552. The third-order valence-electron chi connectivity index (χ3n) is 2.89. The minimum absolute atomic E-state index is 0.644. The second-order valence-electron chi connectivity index (χ2n) is 5.20. The number of rotatable bonds is 5. The third-order valence-corrected chi connectivity index (χ3v) is 3.24. The number of aryl methyl sites for hydroxylation is 1. The first-order chi connectivity index (χ1) is 9.06. The molecule has 0 aliphatic heterocycles. The molecule has 3 nitrogen and oxygen atoms in total. The molecular weight excluding hydrogens is 258 g/mol. The van der Waals surface area contributed by atoms with Crippen molar-refractivity contribution in [3.05, 3.63) is 46.7 Å². The highest BCUT2D eigenvalue weighted by molar-refractivity contribution is 6.31. The van der Waals surface area contributed by atoms with Crippen LogP contribution >= 0.6 is 11.6 Å². The molecule has 1 N–H and O–H groups in total. The fourth-order valence-corrected chi connectivity index (χ4v) is 2.12. The number of hydrogen-bond donors (Lipinski definition) is 1. The fourth-order valence-electron chi connectivity index (χ4n) is 1.88. The summed E-state index contributed by atoms with van der Waals surface area (Å²) in [7, 11) is 0. The highest BCUT2D eigenvalue weighted by Crippen LogP contribution is 2.20. The van der Waals surface area contributed by atoms with E-state index in [0.717, 1.165) is 35.1 Å². The highest BCUT2D eigenvalue weighted by atomic mass is 35.5. The lowest BCUT2D eigenvalue weighted by atomic mass is 10.2. The molecule has 1 aromatic carbocycles.